The number of ether oxygens (including phenoxy) is 4. The van der Waals surface area contributed by atoms with Crippen LogP contribution in [-0.4, -0.2) is 20.3 Å². The van der Waals surface area contributed by atoms with Crippen LogP contribution in [0.2, 0.25) is 0 Å². The van der Waals surface area contributed by atoms with Gasteiger partial charge in [-0.2, -0.15) is 0 Å². The van der Waals surface area contributed by atoms with Crippen LogP contribution in [-0.2, 0) is 33.2 Å². The smallest absolute Gasteiger partial charge is 0.204 e. The lowest BCUT2D eigenvalue weighted by Gasteiger charge is -2.23. The highest BCUT2D eigenvalue weighted by Crippen LogP contribution is 2.43. The Hall–Kier alpha value is -2.25. The standard InChI is InChI=1S/C28H33FO4S/c1-18(2)26(25-15-24(29)27(34-25)28(4)32-12-13-33-28)21-9-6-19(3)22(14-21)17-31-16-20-7-10-23(30-5)11-8-20/h6-11,14-15,18,26H,12-13,16-17H2,1-5H3. The first-order chi connectivity index (χ1) is 16.3. The fourth-order valence-electron chi connectivity index (χ4n) is 4.41. The van der Waals surface area contributed by atoms with Crippen LogP contribution in [0.4, 0.5) is 4.39 Å². The predicted octanol–water partition coefficient (Wildman–Crippen LogP) is 6.93. The third-order valence-corrected chi connectivity index (χ3v) is 7.72. The Morgan fingerprint density at radius 1 is 1.03 bits per heavy atom. The van der Waals surface area contributed by atoms with Crippen LogP contribution in [0, 0.1) is 18.7 Å². The normalized spacial score (nSPS) is 16.2. The highest BCUT2D eigenvalue weighted by Gasteiger charge is 2.38. The molecule has 1 atom stereocenters. The second-order valence-electron chi connectivity index (χ2n) is 9.22. The van der Waals surface area contributed by atoms with Crippen molar-refractivity contribution in [1.82, 2.24) is 0 Å². The summed E-state index contributed by atoms with van der Waals surface area (Å²) in [7, 11) is 1.66. The van der Waals surface area contributed by atoms with E-state index in [-0.39, 0.29) is 11.7 Å². The number of thiophene rings is 1. The van der Waals surface area contributed by atoms with Gasteiger partial charge in [0.1, 0.15) is 11.6 Å². The summed E-state index contributed by atoms with van der Waals surface area (Å²) in [5.41, 5.74) is 4.58. The fourth-order valence-corrected chi connectivity index (χ4v) is 5.81. The topological polar surface area (TPSA) is 36.9 Å². The van der Waals surface area contributed by atoms with Gasteiger partial charge in [-0.1, -0.05) is 44.2 Å². The number of rotatable bonds is 9. The molecule has 0 spiro atoms. The molecule has 34 heavy (non-hydrogen) atoms. The number of benzene rings is 2. The third kappa shape index (κ3) is 5.36. The van der Waals surface area contributed by atoms with Gasteiger partial charge in [-0.15, -0.1) is 11.3 Å². The zero-order valence-corrected chi connectivity index (χ0v) is 21.3. The average molecular weight is 485 g/mol. The van der Waals surface area contributed by atoms with E-state index in [0.717, 1.165) is 27.3 Å². The van der Waals surface area contributed by atoms with Gasteiger partial charge in [0.25, 0.3) is 0 Å². The molecule has 1 saturated heterocycles. The monoisotopic (exact) mass is 484 g/mol. The summed E-state index contributed by atoms with van der Waals surface area (Å²) < 4.78 is 37.7. The van der Waals surface area contributed by atoms with Crippen molar-refractivity contribution in [2.24, 2.45) is 5.92 Å². The minimum Gasteiger partial charge on any atom is -0.497 e. The average Bonchev–Trinajstić information content (AvgIpc) is 3.42. The lowest BCUT2D eigenvalue weighted by atomic mass is 9.85. The molecule has 0 radical (unpaired) electrons. The van der Waals surface area contributed by atoms with E-state index >= 15 is 0 Å². The Labute approximate surface area is 205 Å². The Kier molecular flexibility index (Phi) is 7.73. The van der Waals surface area contributed by atoms with E-state index in [9.17, 15) is 4.39 Å². The Bertz CT molecular complexity index is 1100. The van der Waals surface area contributed by atoms with Gasteiger partial charge in [-0.05, 0) is 60.2 Å². The first kappa shape index (κ1) is 24.9. The van der Waals surface area contributed by atoms with Crippen LogP contribution in [0.25, 0.3) is 0 Å². The van der Waals surface area contributed by atoms with Gasteiger partial charge in [0.15, 0.2) is 0 Å². The second kappa shape index (κ2) is 10.6. The quantitative estimate of drug-likeness (QED) is 0.330. The molecular weight excluding hydrogens is 451 g/mol. The van der Waals surface area contributed by atoms with Gasteiger partial charge < -0.3 is 18.9 Å². The zero-order chi connectivity index (χ0) is 24.3. The van der Waals surface area contributed by atoms with Crippen molar-refractivity contribution in [3.05, 3.63) is 86.4 Å². The van der Waals surface area contributed by atoms with Crippen LogP contribution >= 0.6 is 11.3 Å². The molecule has 0 amide bonds. The molecule has 0 saturated carbocycles. The maximum absolute atomic E-state index is 15.0. The third-order valence-electron chi connectivity index (χ3n) is 6.35. The molecule has 0 N–H and O–H groups in total. The van der Waals surface area contributed by atoms with Crippen molar-refractivity contribution in [3.8, 4) is 5.75 Å². The molecule has 2 heterocycles. The van der Waals surface area contributed by atoms with Crippen molar-refractivity contribution in [2.75, 3.05) is 20.3 Å². The zero-order valence-electron chi connectivity index (χ0n) is 20.5. The molecule has 182 valence electrons. The molecule has 1 aliphatic heterocycles. The molecule has 4 nitrogen and oxygen atoms in total. The SMILES string of the molecule is COc1ccc(COCc2cc(C(c3cc(F)c(C4(C)OCCO4)s3)C(C)C)ccc2C)cc1. The summed E-state index contributed by atoms with van der Waals surface area (Å²) in [6, 6.07) is 16.0. The minimum absolute atomic E-state index is 0.0687. The predicted molar refractivity (Wildman–Crippen MR) is 133 cm³/mol. The second-order valence-corrected chi connectivity index (χ2v) is 10.3. The summed E-state index contributed by atoms with van der Waals surface area (Å²) >= 11 is 1.45. The van der Waals surface area contributed by atoms with E-state index < -0.39 is 5.79 Å². The molecular formula is C28H33FO4S. The fraction of sp³-hybridized carbons (Fsp3) is 0.429. The van der Waals surface area contributed by atoms with Crippen molar-refractivity contribution in [2.45, 2.75) is 52.6 Å². The van der Waals surface area contributed by atoms with Crippen LogP contribution in [0.15, 0.2) is 48.5 Å². The van der Waals surface area contributed by atoms with Gasteiger partial charge in [0.2, 0.25) is 5.79 Å². The van der Waals surface area contributed by atoms with Gasteiger partial charge in [-0.25, -0.2) is 4.39 Å². The van der Waals surface area contributed by atoms with E-state index in [1.165, 1.54) is 16.9 Å². The molecule has 6 heteroatoms. The summed E-state index contributed by atoms with van der Waals surface area (Å²) in [4.78, 5) is 1.50. The molecule has 1 aromatic heterocycles. The van der Waals surface area contributed by atoms with Crippen molar-refractivity contribution < 1.29 is 23.3 Å². The van der Waals surface area contributed by atoms with E-state index in [1.54, 1.807) is 20.1 Å². The first-order valence-electron chi connectivity index (χ1n) is 11.7. The molecule has 1 aliphatic rings. The summed E-state index contributed by atoms with van der Waals surface area (Å²) in [6.07, 6.45) is 0. The molecule has 0 aliphatic carbocycles. The molecule has 2 aromatic carbocycles. The van der Waals surface area contributed by atoms with Crippen LogP contribution in [0.1, 0.15) is 58.7 Å². The van der Waals surface area contributed by atoms with Crippen LogP contribution in [0.5, 0.6) is 5.75 Å². The van der Waals surface area contributed by atoms with Crippen LogP contribution < -0.4 is 4.74 Å². The van der Waals surface area contributed by atoms with E-state index in [1.807, 2.05) is 24.3 Å². The van der Waals surface area contributed by atoms with Crippen molar-refractivity contribution >= 4 is 11.3 Å². The number of aryl methyl sites for hydroxylation is 1. The number of hydrogen-bond acceptors (Lipinski definition) is 5. The molecule has 3 aromatic rings. The number of hydrogen-bond donors (Lipinski definition) is 0. The summed E-state index contributed by atoms with van der Waals surface area (Å²) in [5, 5.41) is 0. The first-order valence-corrected chi connectivity index (χ1v) is 12.5. The highest BCUT2D eigenvalue weighted by molar-refractivity contribution is 7.12. The Morgan fingerprint density at radius 3 is 2.38 bits per heavy atom. The lowest BCUT2D eigenvalue weighted by molar-refractivity contribution is -0.148. The number of halogens is 1. The minimum atomic E-state index is -0.998. The van der Waals surface area contributed by atoms with E-state index in [0.29, 0.717) is 37.2 Å². The molecule has 1 unspecified atom stereocenters. The maximum Gasteiger partial charge on any atom is 0.204 e. The summed E-state index contributed by atoms with van der Waals surface area (Å²) in [5.74, 6) is -0.0630. The van der Waals surface area contributed by atoms with Gasteiger partial charge in [0, 0.05) is 10.8 Å². The molecule has 4 rings (SSSR count). The van der Waals surface area contributed by atoms with Gasteiger partial charge in [0.05, 0.1) is 38.4 Å². The van der Waals surface area contributed by atoms with Crippen molar-refractivity contribution in [3.63, 3.8) is 0 Å². The largest absolute Gasteiger partial charge is 0.497 e. The van der Waals surface area contributed by atoms with Crippen LogP contribution in [0.3, 0.4) is 0 Å². The van der Waals surface area contributed by atoms with Gasteiger partial charge in [-0.3, -0.25) is 0 Å². The van der Waals surface area contributed by atoms with Crippen molar-refractivity contribution in [1.29, 1.82) is 0 Å². The number of methoxy groups -OCH3 is 1. The van der Waals surface area contributed by atoms with E-state index in [2.05, 4.69) is 39.0 Å². The Morgan fingerprint density at radius 2 is 1.74 bits per heavy atom. The molecule has 0 bridgehead atoms. The van der Waals surface area contributed by atoms with Gasteiger partial charge >= 0.3 is 0 Å². The highest BCUT2D eigenvalue weighted by atomic mass is 32.1. The maximum atomic E-state index is 15.0. The lowest BCUT2D eigenvalue weighted by Crippen LogP contribution is -2.22. The van der Waals surface area contributed by atoms with E-state index in [4.69, 9.17) is 18.9 Å². The Balaban J connectivity index is 1.53. The summed E-state index contributed by atoms with van der Waals surface area (Å²) in [6.45, 7) is 10.2. The molecule has 1 fully saturated rings.